The summed E-state index contributed by atoms with van der Waals surface area (Å²) >= 11 is 2.06. The van der Waals surface area contributed by atoms with Crippen LogP contribution in [0.15, 0.2) is 0 Å². The summed E-state index contributed by atoms with van der Waals surface area (Å²) in [7, 11) is 4.04. The van der Waals surface area contributed by atoms with Crippen LogP contribution in [0.25, 0.3) is 0 Å². The van der Waals surface area contributed by atoms with Gasteiger partial charge in [-0.3, -0.25) is 0 Å². The summed E-state index contributed by atoms with van der Waals surface area (Å²) in [6, 6.07) is 0. The van der Waals surface area contributed by atoms with Crippen molar-refractivity contribution in [1.29, 1.82) is 0 Å². The Kier molecular flexibility index (Phi) is 3.55. The van der Waals surface area contributed by atoms with Crippen LogP contribution < -0.4 is 0 Å². The van der Waals surface area contributed by atoms with E-state index in [1.807, 2.05) is 21.6 Å². The largest absolute Gasteiger partial charge is 0.161 e. The molecule has 0 aromatic carbocycles. The van der Waals surface area contributed by atoms with Crippen molar-refractivity contribution < 1.29 is 0 Å². The van der Waals surface area contributed by atoms with Gasteiger partial charge in [-0.1, -0.05) is 28.5 Å². The van der Waals surface area contributed by atoms with Crippen LogP contribution in [0.2, 0.25) is 0 Å². The van der Waals surface area contributed by atoms with Gasteiger partial charge in [-0.05, 0) is 5.75 Å². The summed E-state index contributed by atoms with van der Waals surface area (Å²) in [6.07, 6.45) is 0. The number of rotatable bonds is 3. The van der Waals surface area contributed by atoms with E-state index in [4.69, 9.17) is 0 Å². The van der Waals surface area contributed by atoms with Crippen LogP contribution >= 0.6 is 33.3 Å². The highest BCUT2D eigenvalue weighted by Crippen LogP contribution is 2.41. The van der Waals surface area contributed by atoms with E-state index in [1.165, 1.54) is 17.3 Å². The smallest absolute Gasteiger partial charge is 0.0340 e. The molecule has 1 aliphatic heterocycles. The molecule has 1 fully saturated rings. The van der Waals surface area contributed by atoms with Crippen LogP contribution in [-0.2, 0) is 0 Å². The highest BCUT2D eigenvalue weighted by atomic mass is 33.1. The van der Waals surface area contributed by atoms with Gasteiger partial charge < -0.3 is 0 Å². The molecular weight excluding hydrogens is 156 g/mol. The van der Waals surface area contributed by atoms with E-state index in [0.717, 1.165) is 5.25 Å². The van der Waals surface area contributed by atoms with Crippen molar-refractivity contribution in [3.63, 3.8) is 0 Å². The van der Waals surface area contributed by atoms with E-state index in [9.17, 15) is 0 Å². The fourth-order valence-corrected chi connectivity index (χ4v) is 3.70. The lowest BCUT2D eigenvalue weighted by atomic mass is 10.5. The zero-order chi connectivity index (χ0) is 5.82. The molecule has 1 heterocycles. The topological polar surface area (TPSA) is 0 Å². The Labute approximate surface area is 63.0 Å². The minimum absolute atomic E-state index is 0.977. The van der Waals surface area contributed by atoms with Crippen LogP contribution in [0.1, 0.15) is 6.92 Å². The summed E-state index contributed by atoms with van der Waals surface area (Å²) < 4.78 is 0. The van der Waals surface area contributed by atoms with Crippen LogP contribution in [-0.4, -0.2) is 22.5 Å². The first kappa shape index (κ1) is 7.16. The number of thioether (sulfide) groups is 1. The van der Waals surface area contributed by atoms with Crippen molar-refractivity contribution >= 4 is 33.3 Å². The Hall–Kier alpha value is 1.05. The second-order valence-corrected chi connectivity index (χ2v) is 5.69. The quantitative estimate of drug-likeness (QED) is 0.591. The lowest BCUT2D eigenvalue weighted by Crippen LogP contribution is -2.15. The summed E-state index contributed by atoms with van der Waals surface area (Å²) in [6.45, 7) is 2.22. The minimum atomic E-state index is 0.977. The zero-order valence-electron chi connectivity index (χ0n) is 4.92. The van der Waals surface area contributed by atoms with Gasteiger partial charge in [0.1, 0.15) is 0 Å². The summed E-state index contributed by atoms with van der Waals surface area (Å²) in [4.78, 5) is 0. The Morgan fingerprint density at radius 1 is 1.75 bits per heavy atom. The molecule has 8 heavy (non-hydrogen) atoms. The average molecular weight is 166 g/mol. The zero-order valence-corrected chi connectivity index (χ0v) is 7.37. The van der Waals surface area contributed by atoms with Gasteiger partial charge in [0.05, 0.1) is 0 Å². The Balaban J connectivity index is 1.86. The van der Waals surface area contributed by atoms with Gasteiger partial charge >= 0.3 is 0 Å². The molecule has 1 rings (SSSR count). The maximum absolute atomic E-state index is 2.22. The molecule has 1 unspecified atom stereocenters. The third-order valence-electron chi connectivity index (χ3n) is 0.966. The molecule has 0 amide bonds. The summed E-state index contributed by atoms with van der Waals surface area (Å²) in [5.41, 5.74) is 0. The number of hydrogen-bond acceptors (Lipinski definition) is 3. The van der Waals surface area contributed by atoms with Crippen molar-refractivity contribution in [3.05, 3.63) is 0 Å². The Bertz CT molecular complexity index is 60.7. The second kappa shape index (κ2) is 3.96. The third-order valence-corrected chi connectivity index (χ3v) is 5.35. The fourth-order valence-electron chi connectivity index (χ4n) is 0.489. The van der Waals surface area contributed by atoms with Gasteiger partial charge in [-0.25, -0.2) is 0 Å². The van der Waals surface area contributed by atoms with E-state index < -0.39 is 0 Å². The summed E-state index contributed by atoms with van der Waals surface area (Å²) in [5, 5.41) is 0.977. The van der Waals surface area contributed by atoms with Crippen molar-refractivity contribution in [1.82, 2.24) is 0 Å². The standard InChI is InChI=1S/C5H10S3/c1-2-6-3-5-4-7-8-5/h5H,2-4H2,1H3. The SMILES string of the molecule is CCSCC1CSS1. The van der Waals surface area contributed by atoms with E-state index in [-0.39, 0.29) is 0 Å². The van der Waals surface area contributed by atoms with Crippen molar-refractivity contribution in [2.45, 2.75) is 12.2 Å². The summed E-state index contributed by atoms with van der Waals surface area (Å²) in [5.74, 6) is 4.04. The lowest BCUT2D eigenvalue weighted by Gasteiger charge is -2.22. The molecule has 0 N–H and O–H groups in total. The van der Waals surface area contributed by atoms with Crippen molar-refractivity contribution in [2.24, 2.45) is 0 Å². The van der Waals surface area contributed by atoms with Gasteiger partial charge in [-0.2, -0.15) is 11.8 Å². The highest BCUT2D eigenvalue weighted by Gasteiger charge is 2.18. The molecule has 0 aromatic rings. The Morgan fingerprint density at radius 2 is 2.50 bits per heavy atom. The van der Waals surface area contributed by atoms with Crippen LogP contribution in [0.3, 0.4) is 0 Å². The molecule has 0 aliphatic carbocycles. The first-order valence-corrected chi connectivity index (χ1v) is 6.33. The van der Waals surface area contributed by atoms with Crippen LogP contribution in [0, 0.1) is 0 Å². The maximum atomic E-state index is 2.22. The molecule has 1 atom stereocenters. The second-order valence-electron chi connectivity index (χ2n) is 1.66. The molecule has 48 valence electrons. The van der Waals surface area contributed by atoms with Gasteiger partial charge in [0.25, 0.3) is 0 Å². The fraction of sp³-hybridized carbons (Fsp3) is 1.00. The molecule has 3 heteroatoms. The molecule has 0 saturated carbocycles. The number of hydrogen-bond donors (Lipinski definition) is 0. The maximum Gasteiger partial charge on any atom is 0.0340 e. The molecule has 0 aromatic heterocycles. The van der Waals surface area contributed by atoms with E-state index in [1.54, 1.807) is 0 Å². The van der Waals surface area contributed by atoms with Gasteiger partial charge in [-0.15, -0.1) is 0 Å². The average Bonchev–Trinajstić information content (AvgIpc) is 1.63. The van der Waals surface area contributed by atoms with E-state index in [2.05, 4.69) is 18.7 Å². The van der Waals surface area contributed by atoms with Crippen molar-refractivity contribution in [2.75, 3.05) is 17.3 Å². The monoisotopic (exact) mass is 166 g/mol. The molecule has 0 radical (unpaired) electrons. The molecule has 0 bridgehead atoms. The molecule has 0 spiro atoms. The Morgan fingerprint density at radius 3 is 2.88 bits per heavy atom. The molecular formula is C5H10S3. The van der Waals surface area contributed by atoms with Gasteiger partial charge in [0, 0.05) is 16.8 Å². The minimum Gasteiger partial charge on any atom is -0.161 e. The highest BCUT2D eigenvalue weighted by molar-refractivity contribution is 8.79. The predicted octanol–water partition coefficient (Wildman–Crippen LogP) is 2.50. The molecule has 1 aliphatic rings. The van der Waals surface area contributed by atoms with Crippen LogP contribution in [0.4, 0.5) is 0 Å². The van der Waals surface area contributed by atoms with Gasteiger partial charge in [0.15, 0.2) is 0 Å². The predicted molar refractivity (Wildman–Crippen MR) is 46.8 cm³/mol. The van der Waals surface area contributed by atoms with Crippen LogP contribution in [0.5, 0.6) is 0 Å². The first-order valence-electron chi connectivity index (χ1n) is 2.79. The van der Waals surface area contributed by atoms with Gasteiger partial charge in [0.2, 0.25) is 0 Å². The molecule has 0 nitrogen and oxygen atoms in total. The normalized spacial score (nSPS) is 27.4. The third kappa shape index (κ3) is 2.11. The van der Waals surface area contributed by atoms with E-state index in [0.29, 0.717) is 0 Å². The van der Waals surface area contributed by atoms with E-state index >= 15 is 0 Å². The lowest BCUT2D eigenvalue weighted by molar-refractivity contribution is 1.14. The molecule has 1 saturated heterocycles. The van der Waals surface area contributed by atoms with Crippen molar-refractivity contribution in [3.8, 4) is 0 Å². The first-order chi connectivity index (χ1) is 3.93.